The van der Waals surface area contributed by atoms with E-state index >= 15 is 0 Å². The van der Waals surface area contributed by atoms with Gasteiger partial charge in [-0.3, -0.25) is 14.4 Å². The second-order valence-electron chi connectivity index (χ2n) is 21.3. The number of ether oxygens (including phenoxy) is 3. The van der Waals surface area contributed by atoms with Gasteiger partial charge in [0.2, 0.25) is 0 Å². The smallest absolute Gasteiger partial charge is 0.306 e. The maximum atomic E-state index is 12.9. The van der Waals surface area contributed by atoms with Crippen LogP contribution in [0.15, 0.2) is 146 Å². The number of hydrogen-bond donors (Lipinski definition) is 0. The van der Waals surface area contributed by atoms with E-state index in [0.717, 1.165) is 148 Å². The van der Waals surface area contributed by atoms with Gasteiger partial charge >= 0.3 is 17.9 Å². The lowest BCUT2D eigenvalue weighted by atomic mass is 10.0. The van der Waals surface area contributed by atoms with Crippen LogP contribution in [0, 0.1) is 0 Å². The fourth-order valence-corrected chi connectivity index (χ4v) is 8.70. The first-order valence-corrected chi connectivity index (χ1v) is 32.8. The lowest BCUT2D eigenvalue weighted by Crippen LogP contribution is -2.30. The molecular weight excluding hydrogens is 985 g/mol. The third-order valence-electron chi connectivity index (χ3n) is 13.6. The van der Waals surface area contributed by atoms with Crippen LogP contribution >= 0.6 is 0 Å². The topological polar surface area (TPSA) is 78.9 Å². The van der Waals surface area contributed by atoms with E-state index in [0.29, 0.717) is 19.3 Å². The van der Waals surface area contributed by atoms with Gasteiger partial charge in [0.25, 0.3) is 0 Å². The average Bonchev–Trinajstić information content (AvgIpc) is 3.46. The van der Waals surface area contributed by atoms with Gasteiger partial charge in [0.1, 0.15) is 13.2 Å². The van der Waals surface area contributed by atoms with Crippen LogP contribution in [0.2, 0.25) is 0 Å². The van der Waals surface area contributed by atoms with Crippen molar-refractivity contribution in [2.24, 2.45) is 0 Å². The molecule has 452 valence electrons. The van der Waals surface area contributed by atoms with Crippen molar-refractivity contribution >= 4 is 17.9 Å². The molecule has 0 spiro atoms. The number of hydrogen-bond acceptors (Lipinski definition) is 6. The average molecular weight is 1110 g/mol. The summed E-state index contributed by atoms with van der Waals surface area (Å²) < 4.78 is 16.9. The summed E-state index contributed by atoms with van der Waals surface area (Å²) in [5.41, 5.74) is 0. The van der Waals surface area contributed by atoms with Crippen molar-refractivity contribution in [1.29, 1.82) is 0 Å². The van der Waals surface area contributed by atoms with Crippen LogP contribution in [0.5, 0.6) is 0 Å². The van der Waals surface area contributed by atoms with Crippen molar-refractivity contribution in [2.75, 3.05) is 13.2 Å². The molecule has 0 radical (unpaired) electrons. The molecule has 1 atom stereocenters. The second kappa shape index (κ2) is 66.8. The third-order valence-corrected chi connectivity index (χ3v) is 13.6. The van der Waals surface area contributed by atoms with Gasteiger partial charge in [-0.25, -0.2) is 0 Å². The molecule has 0 heterocycles. The molecule has 0 saturated heterocycles. The van der Waals surface area contributed by atoms with E-state index in [2.05, 4.69) is 167 Å². The van der Waals surface area contributed by atoms with Gasteiger partial charge in [0, 0.05) is 19.3 Å². The van der Waals surface area contributed by atoms with Gasteiger partial charge in [-0.15, -0.1) is 0 Å². The number of carbonyl (C=O) groups excluding carboxylic acids is 3. The maximum Gasteiger partial charge on any atom is 0.306 e. The van der Waals surface area contributed by atoms with Gasteiger partial charge in [0.05, 0.1) is 0 Å². The summed E-state index contributed by atoms with van der Waals surface area (Å²) in [6.07, 6.45) is 95.7. The molecule has 0 bridgehead atoms. The Bertz CT molecular complexity index is 1750. The minimum Gasteiger partial charge on any atom is -0.462 e. The molecule has 0 rings (SSSR count). The molecule has 0 aromatic carbocycles. The fourth-order valence-electron chi connectivity index (χ4n) is 8.70. The molecule has 0 aromatic heterocycles. The van der Waals surface area contributed by atoms with Crippen molar-refractivity contribution < 1.29 is 28.6 Å². The zero-order chi connectivity index (χ0) is 57.8. The van der Waals surface area contributed by atoms with Crippen LogP contribution in [-0.2, 0) is 28.6 Å². The predicted molar refractivity (Wildman–Crippen MR) is 348 cm³/mol. The standard InChI is InChI=1S/C74H120O6/c1-4-7-10-13-16-19-22-25-27-29-31-33-35-37-39-41-43-45-47-49-52-55-58-61-64-67-73(76)79-70-71(69-78-72(75)66-63-60-57-54-51-24-21-18-15-12-9-6-3)80-74(77)68-65-62-59-56-53-50-48-46-44-42-40-38-36-34-32-30-28-26-23-20-17-14-11-8-5-2/h7-8,10-11,16-21,25-28,31-34,37,39,43,45,49,52,71H,4-6,9,12-15,22-24,29-30,35-36,38,40-42,44,46-48,50-51,53-70H2,1-3H3/b10-7-,11-8-,19-16-,20-17-,21-18-,27-25-,28-26-,33-31-,34-32-,39-37-,45-43-,52-49-. The van der Waals surface area contributed by atoms with Crippen LogP contribution in [-0.4, -0.2) is 37.2 Å². The number of allylic oxidation sites excluding steroid dienone is 24. The molecule has 80 heavy (non-hydrogen) atoms. The first-order valence-electron chi connectivity index (χ1n) is 32.8. The lowest BCUT2D eigenvalue weighted by molar-refractivity contribution is -0.167. The Hall–Kier alpha value is -4.71. The summed E-state index contributed by atoms with van der Waals surface area (Å²) in [6.45, 7) is 6.36. The summed E-state index contributed by atoms with van der Waals surface area (Å²) in [6, 6.07) is 0. The molecule has 0 aromatic rings. The van der Waals surface area contributed by atoms with Crippen molar-refractivity contribution in [3.8, 4) is 0 Å². The highest BCUT2D eigenvalue weighted by molar-refractivity contribution is 5.71. The molecule has 0 aliphatic heterocycles. The van der Waals surface area contributed by atoms with E-state index in [-0.39, 0.29) is 31.1 Å². The normalized spacial score (nSPS) is 13.1. The van der Waals surface area contributed by atoms with E-state index in [1.54, 1.807) is 0 Å². The molecule has 1 unspecified atom stereocenters. The number of esters is 3. The molecule has 6 nitrogen and oxygen atoms in total. The van der Waals surface area contributed by atoms with Crippen molar-refractivity contribution in [3.63, 3.8) is 0 Å². The van der Waals surface area contributed by atoms with E-state index in [4.69, 9.17) is 14.2 Å². The predicted octanol–water partition coefficient (Wildman–Crippen LogP) is 22.7. The van der Waals surface area contributed by atoms with E-state index in [1.807, 2.05) is 0 Å². The van der Waals surface area contributed by atoms with Gasteiger partial charge in [-0.1, -0.05) is 269 Å². The summed E-state index contributed by atoms with van der Waals surface area (Å²) in [5, 5.41) is 0. The molecule has 0 fully saturated rings. The third kappa shape index (κ3) is 64.1. The minimum absolute atomic E-state index is 0.0978. The van der Waals surface area contributed by atoms with Crippen molar-refractivity contribution in [2.45, 2.75) is 290 Å². The first kappa shape index (κ1) is 75.3. The summed E-state index contributed by atoms with van der Waals surface area (Å²) >= 11 is 0. The Kier molecular flexibility index (Phi) is 62.9. The largest absolute Gasteiger partial charge is 0.462 e. The Morgan fingerprint density at radius 3 is 0.787 bits per heavy atom. The Morgan fingerprint density at radius 2 is 0.487 bits per heavy atom. The second-order valence-corrected chi connectivity index (χ2v) is 21.3. The summed E-state index contributed by atoms with van der Waals surface area (Å²) in [5.74, 6) is -0.941. The van der Waals surface area contributed by atoms with E-state index in [1.165, 1.54) is 96.3 Å². The highest BCUT2D eigenvalue weighted by Crippen LogP contribution is 2.15. The van der Waals surface area contributed by atoms with Crippen LogP contribution in [0.3, 0.4) is 0 Å². The number of rotatable bonds is 58. The SMILES string of the molecule is CC/C=C\C/C=C\C/C=C\C/C=C\C/C=C\C/C=C\C/C=C\CCCCCC(=O)OCC(COC(=O)CCCCCCC/C=C\CCCCC)OC(=O)CCCCCCCCCCCCCC/C=C\C/C=C\C/C=C\C/C=C\CC. The van der Waals surface area contributed by atoms with Gasteiger partial charge < -0.3 is 14.2 Å². The molecule has 0 aliphatic rings. The molecular formula is C74H120O6. The Labute approximate surface area is 493 Å². The molecule has 0 aliphatic carbocycles. The summed E-state index contributed by atoms with van der Waals surface area (Å²) in [4.78, 5) is 38.3. The van der Waals surface area contributed by atoms with E-state index < -0.39 is 6.10 Å². The van der Waals surface area contributed by atoms with Crippen LogP contribution in [0.25, 0.3) is 0 Å². The van der Waals surface area contributed by atoms with Crippen molar-refractivity contribution in [3.05, 3.63) is 146 Å². The van der Waals surface area contributed by atoms with Gasteiger partial charge in [-0.2, -0.15) is 0 Å². The molecule has 0 amide bonds. The van der Waals surface area contributed by atoms with Crippen LogP contribution in [0.1, 0.15) is 284 Å². The van der Waals surface area contributed by atoms with Crippen LogP contribution in [0.4, 0.5) is 0 Å². The Morgan fingerprint density at radius 1 is 0.263 bits per heavy atom. The highest BCUT2D eigenvalue weighted by atomic mass is 16.6. The van der Waals surface area contributed by atoms with Gasteiger partial charge in [0.15, 0.2) is 6.10 Å². The lowest BCUT2D eigenvalue weighted by Gasteiger charge is -2.18. The zero-order valence-electron chi connectivity index (χ0n) is 51.8. The fraction of sp³-hybridized carbons (Fsp3) is 0.635. The highest BCUT2D eigenvalue weighted by Gasteiger charge is 2.19. The summed E-state index contributed by atoms with van der Waals surface area (Å²) in [7, 11) is 0. The van der Waals surface area contributed by atoms with E-state index in [9.17, 15) is 14.4 Å². The zero-order valence-corrected chi connectivity index (χ0v) is 51.8. The number of carbonyl (C=O) groups is 3. The molecule has 0 N–H and O–H groups in total. The number of unbranched alkanes of at least 4 members (excludes halogenated alkanes) is 23. The van der Waals surface area contributed by atoms with Gasteiger partial charge in [-0.05, 0) is 141 Å². The minimum atomic E-state index is -0.804. The monoisotopic (exact) mass is 1100 g/mol. The quantitative estimate of drug-likeness (QED) is 0.0261. The molecule has 6 heteroatoms. The Balaban J connectivity index is 4.39. The van der Waals surface area contributed by atoms with Crippen LogP contribution < -0.4 is 0 Å². The first-order chi connectivity index (χ1) is 39.5. The molecule has 0 saturated carbocycles. The maximum absolute atomic E-state index is 12.9. The van der Waals surface area contributed by atoms with Crippen molar-refractivity contribution in [1.82, 2.24) is 0 Å².